The molecule has 40 heavy (non-hydrogen) atoms. The van der Waals surface area contributed by atoms with E-state index in [2.05, 4.69) is 20.6 Å². The number of ketones is 1. The van der Waals surface area contributed by atoms with Crippen molar-refractivity contribution in [3.63, 3.8) is 0 Å². The average Bonchev–Trinajstić information content (AvgIpc) is 2.98. The second-order valence-corrected chi connectivity index (χ2v) is 9.36. The molecule has 0 aliphatic heterocycles. The first-order valence-corrected chi connectivity index (χ1v) is 12.7. The summed E-state index contributed by atoms with van der Waals surface area (Å²) in [6.45, 7) is 1.77. The Morgan fingerprint density at radius 3 is 2.50 bits per heavy atom. The van der Waals surface area contributed by atoms with Gasteiger partial charge in [-0.2, -0.15) is 0 Å². The number of halogens is 1. The summed E-state index contributed by atoms with van der Waals surface area (Å²) in [5, 5.41) is 6.47. The number of para-hydroxylation sites is 1. The van der Waals surface area contributed by atoms with Crippen molar-refractivity contribution in [2.24, 2.45) is 0 Å². The zero-order valence-electron chi connectivity index (χ0n) is 21.9. The summed E-state index contributed by atoms with van der Waals surface area (Å²) in [4.78, 5) is 48.1. The molecule has 0 saturated heterocycles. The molecular formula is C31H26FN5O3. The minimum absolute atomic E-state index is 0.0732. The minimum atomic E-state index is -0.504. The topological polar surface area (TPSA) is 106 Å². The second kappa shape index (κ2) is 11.4. The fourth-order valence-electron chi connectivity index (χ4n) is 4.31. The van der Waals surface area contributed by atoms with Crippen LogP contribution in [0.2, 0.25) is 0 Å². The lowest BCUT2D eigenvalue weighted by Crippen LogP contribution is -2.37. The zero-order valence-corrected chi connectivity index (χ0v) is 21.9. The van der Waals surface area contributed by atoms with Crippen molar-refractivity contribution >= 4 is 28.3 Å². The summed E-state index contributed by atoms with van der Waals surface area (Å²) in [6.07, 6.45) is 4.70. The quantitative estimate of drug-likeness (QED) is 0.285. The molecular weight excluding hydrogens is 509 g/mol. The third-order valence-corrected chi connectivity index (χ3v) is 6.65. The van der Waals surface area contributed by atoms with Crippen LogP contribution in [0.4, 0.5) is 10.1 Å². The predicted molar refractivity (Wildman–Crippen MR) is 152 cm³/mol. The van der Waals surface area contributed by atoms with E-state index in [9.17, 15) is 18.8 Å². The summed E-state index contributed by atoms with van der Waals surface area (Å²) in [5.41, 5.74) is 3.04. The summed E-state index contributed by atoms with van der Waals surface area (Å²) < 4.78 is 14.9. The van der Waals surface area contributed by atoms with E-state index in [1.54, 1.807) is 44.6 Å². The Morgan fingerprint density at radius 2 is 1.73 bits per heavy atom. The molecule has 1 atom stereocenters. The van der Waals surface area contributed by atoms with Crippen LogP contribution in [0.3, 0.4) is 0 Å². The van der Waals surface area contributed by atoms with Gasteiger partial charge in [-0.15, -0.1) is 0 Å². The van der Waals surface area contributed by atoms with Gasteiger partial charge in [0.15, 0.2) is 5.78 Å². The van der Waals surface area contributed by atoms with Gasteiger partial charge in [-0.05, 0) is 74.1 Å². The highest BCUT2D eigenvalue weighted by Gasteiger charge is 2.17. The van der Waals surface area contributed by atoms with Crippen molar-refractivity contribution in [2.75, 3.05) is 12.4 Å². The number of nitrogens with zero attached hydrogens (tertiary/aromatic N) is 3. The van der Waals surface area contributed by atoms with Gasteiger partial charge in [0.05, 0.1) is 23.8 Å². The number of anilines is 1. The van der Waals surface area contributed by atoms with E-state index in [0.717, 1.165) is 10.9 Å². The third kappa shape index (κ3) is 5.55. The van der Waals surface area contributed by atoms with Gasteiger partial charge in [-0.3, -0.25) is 24.4 Å². The normalized spacial score (nSPS) is 11.8. The molecule has 0 aliphatic rings. The number of benzene rings is 2. The fourth-order valence-corrected chi connectivity index (χ4v) is 4.31. The van der Waals surface area contributed by atoms with E-state index in [1.165, 1.54) is 35.0 Å². The van der Waals surface area contributed by atoms with Crippen LogP contribution in [0.25, 0.3) is 22.2 Å². The van der Waals surface area contributed by atoms with Crippen molar-refractivity contribution in [3.8, 4) is 11.3 Å². The Hall–Kier alpha value is -5.02. The molecule has 5 aromatic rings. The molecule has 9 heteroatoms. The lowest BCUT2D eigenvalue weighted by molar-refractivity contribution is -0.117. The first-order valence-electron chi connectivity index (χ1n) is 12.7. The molecule has 0 fully saturated rings. The maximum atomic E-state index is 13.7. The van der Waals surface area contributed by atoms with E-state index in [-0.39, 0.29) is 23.9 Å². The molecule has 0 saturated carbocycles. The van der Waals surface area contributed by atoms with Crippen LogP contribution in [-0.4, -0.2) is 39.3 Å². The van der Waals surface area contributed by atoms with E-state index in [0.29, 0.717) is 27.9 Å². The van der Waals surface area contributed by atoms with E-state index in [4.69, 9.17) is 0 Å². The Bertz CT molecular complexity index is 1780. The Kier molecular flexibility index (Phi) is 7.56. The Labute approximate surface area is 229 Å². The smallest absolute Gasteiger partial charge is 0.275 e. The molecule has 0 bridgehead atoms. The molecule has 0 aliphatic carbocycles. The second-order valence-electron chi connectivity index (χ2n) is 9.36. The maximum Gasteiger partial charge on any atom is 0.275 e. The fraction of sp³-hybridized carbons (Fsp3) is 0.129. The predicted octanol–water partition coefficient (Wildman–Crippen LogP) is 4.42. The standard InChI is InChI=1S/C31H26FN5O3/c1-19(33-2)30(39)36-27-11-12-28(23-14-22-5-3-4-6-26(22)35-17-23)37(31(27)40)18-20-13-24(16-34-15-20)29(38)21-7-9-25(32)10-8-21/h3-17,19,33H,18H2,1-2H3,(H,36,39). The van der Waals surface area contributed by atoms with E-state index in [1.807, 2.05) is 30.3 Å². The molecule has 0 radical (unpaired) electrons. The highest BCUT2D eigenvalue weighted by Crippen LogP contribution is 2.24. The molecule has 5 rings (SSSR count). The van der Waals surface area contributed by atoms with Crippen LogP contribution in [0.1, 0.15) is 28.4 Å². The molecule has 0 spiro atoms. The summed E-state index contributed by atoms with van der Waals surface area (Å²) >= 11 is 0. The van der Waals surface area contributed by atoms with Crippen molar-refractivity contribution in [1.29, 1.82) is 0 Å². The van der Waals surface area contributed by atoms with Gasteiger partial charge in [0.25, 0.3) is 5.56 Å². The van der Waals surface area contributed by atoms with E-state index < -0.39 is 17.4 Å². The van der Waals surface area contributed by atoms with Gasteiger partial charge in [-0.25, -0.2) is 4.39 Å². The number of hydrogen-bond acceptors (Lipinski definition) is 6. The molecule has 8 nitrogen and oxygen atoms in total. The highest BCUT2D eigenvalue weighted by molar-refractivity contribution is 6.08. The van der Waals surface area contributed by atoms with Gasteiger partial charge in [0.1, 0.15) is 11.5 Å². The number of hydrogen-bond donors (Lipinski definition) is 2. The number of pyridine rings is 3. The first kappa shape index (κ1) is 26.6. The maximum absolute atomic E-state index is 13.7. The Balaban J connectivity index is 1.57. The van der Waals surface area contributed by atoms with Crippen LogP contribution in [0, 0.1) is 5.82 Å². The lowest BCUT2D eigenvalue weighted by Gasteiger charge is -2.17. The van der Waals surface area contributed by atoms with Gasteiger partial charge < -0.3 is 15.2 Å². The van der Waals surface area contributed by atoms with Crippen LogP contribution < -0.4 is 16.2 Å². The van der Waals surface area contributed by atoms with Gasteiger partial charge in [-0.1, -0.05) is 18.2 Å². The number of amides is 1. The van der Waals surface area contributed by atoms with Crippen molar-refractivity contribution in [1.82, 2.24) is 19.9 Å². The monoisotopic (exact) mass is 535 g/mol. The third-order valence-electron chi connectivity index (χ3n) is 6.65. The SMILES string of the molecule is CNC(C)C(=O)Nc1ccc(-c2cnc3ccccc3c2)n(Cc2cncc(C(=O)c3ccc(F)cc3)c2)c1=O. The number of aromatic nitrogens is 3. The number of carbonyl (C=O) groups excluding carboxylic acids is 2. The van der Waals surface area contributed by atoms with Crippen molar-refractivity contribution < 1.29 is 14.0 Å². The molecule has 1 unspecified atom stereocenters. The summed E-state index contributed by atoms with van der Waals surface area (Å²) in [5.74, 6) is -1.10. The summed E-state index contributed by atoms with van der Waals surface area (Å²) in [6, 6.07) is 19.4. The molecule has 1 amide bonds. The molecule has 2 N–H and O–H groups in total. The van der Waals surface area contributed by atoms with Crippen LogP contribution in [-0.2, 0) is 11.3 Å². The lowest BCUT2D eigenvalue weighted by atomic mass is 10.0. The first-order chi connectivity index (χ1) is 19.3. The molecule has 3 heterocycles. The van der Waals surface area contributed by atoms with Crippen LogP contribution in [0.15, 0.2) is 96.2 Å². The van der Waals surface area contributed by atoms with Crippen molar-refractivity contribution in [3.05, 3.63) is 124 Å². The number of fused-ring (bicyclic) bond motifs is 1. The molecule has 200 valence electrons. The van der Waals surface area contributed by atoms with Gasteiger partial charge in [0, 0.05) is 40.7 Å². The van der Waals surface area contributed by atoms with Crippen molar-refractivity contribution in [2.45, 2.75) is 19.5 Å². The molecule has 2 aromatic carbocycles. The molecule has 3 aromatic heterocycles. The summed E-state index contributed by atoms with van der Waals surface area (Å²) in [7, 11) is 1.66. The zero-order chi connectivity index (χ0) is 28.2. The largest absolute Gasteiger partial charge is 0.320 e. The van der Waals surface area contributed by atoms with Crippen LogP contribution >= 0.6 is 0 Å². The average molecular weight is 536 g/mol. The minimum Gasteiger partial charge on any atom is -0.320 e. The van der Waals surface area contributed by atoms with Crippen LogP contribution in [0.5, 0.6) is 0 Å². The highest BCUT2D eigenvalue weighted by atomic mass is 19.1. The number of rotatable bonds is 8. The van der Waals surface area contributed by atoms with Gasteiger partial charge in [0.2, 0.25) is 5.91 Å². The van der Waals surface area contributed by atoms with Gasteiger partial charge >= 0.3 is 0 Å². The number of carbonyl (C=O) groups is 2. The Morgan fingerprint density at radius 1 is 0.950 bits per heavy atom. The number of likely N-dealkylation sites (N-methyl/N-ethyl adjacent to an activating group) is 1. The number of nitrogens with one attached hydrogen (secondary N) is 2. The van der Waals surface area contributed by atoms with E-state index >= 15 is 0 Å².